The molecule has 2 heteroatoms. The summed E-state index contributed by atoms with van der Waals surface area (Å²) in [5, 5.41) is 0.866. The van der Waals surface area contributed by atoms with E-state index >= 15 is 0 Å². The minimum atomic E-state index is 0.308. The molecule has 0 heterocycles. The molecule has 1 unspecified atom stereocenters. The molecule has 0 amide bonds. The van der Waals surface area contributed by atoms with Crippen molar-refractivity contribution in [2.24, 2.45) is 5.73 Å². The lowest BCUT2D eigenvalue weighted by Gasteiger charge is -2.09. The molecule has 0 radical (unpaired) electrons. The fourth-order valence-corrected chi connectivity index (χ4v) is 3.57. The predicted molar refractivity (Wildman–Crippen MR) is 76.5 cm³/mol. The fraction of sp³-hybridized carbons (Fsp3) is 0.600. The third-order valence-electron chi connectivity index (χ3n) is 3.42. The second-order valence-electron chi connectivity index (χ2n) is 5.18. The summed E-state index contributed by atoms with van der Waals surface area (Å²) in [5.41, 5.74) is 7.19. The van der Waals surface area contributed by atoms with Crippen LogP contribution in [-0.4, -0.2) is 11.3 Å². The average molecular weight is 249 g/mol. The van der Waals surface area contributed by atoms with Gasteiger partial charge in [0, 0.05) is 16.2 Å². The van der Waals surface area contributed by atoms with Crippen LogP contribution in [0.2, 0.25) is 0 Å². The highest BCUT2D eigenvalue weighted by Gasteiger charge is 2.15. The summed E-state index contributed by atoms with van der Waals surface area (Å²) in [6.45, 7) is 2.07. The van der Waals surface area contributed by atoms with Crippen molar-refractivity contribution in [1.82, 2.24) is 0 Å². The van der Waals surface area contributed by atoms with Crippen LogP contribution in [0.1, 0.15) is 44.6 Å². The summed E-state index contributed by atoms with van der Waals surface area (Å²) in [6.07, 6.45) is 7.82. The Labute approximate surface area is 109 Å². The largest absolute Gasteiger partial charge is 0.328 e. The summed E-state index contributed by atoms with van der Waals surface area (Å²) in [4.78, 5) is 1.43. The number of aryl methyl sites for hydroxylation is 1. The second kappa shape index (κ2) is 6.46. The number of hydrogen-bond donors (Lipinski definition) is 1. The minimum Gasteiger partial charge on any atom is -0.328 e. The summed E-state index contributed by atoms with van der Waals surface area (Å²) in [6, 6.07) is 9.39. The van der Waals surface area contributed by atoms with Crippen LogP contribution >= 0.6 is 11.8 Å². The Balaban J connectivity index is 1.84. The zero-order valence-electron chi connectivity index (χ0n) is 10.7. The Hall–Kier alpha value is -0.470. The van der Waals surface area contributed by atoms with Crippen LogP contribution in [0.5, 0.6) is 0 Å². The molecule has 0 spiro atoms. The van der Waals surface area contributed by atoms with E-state index < -0.39 is 0 Å². The molecule has 0 aromatic heterocycles. The molecule has 0 aliphatic heterocycles. The Morgan fingerprint density at radius 2 is 1.88 bits per heavy atom. The van der Waals surface area contributed by atoms with Gasteiger partial charge in [0.25, 0.3) is 0 Å². The molecule has 1 aliphatic carbocycles. The molecule has 1 aromatic rings. The molecule has 17 heavy (non-hydrogen) atoms. The lowest BCUT2D eigenvalue weighted by Crippen LogP contribution is -2.15. The summed E-state index contributed by atoms with van der Waals surface area (Å²) >= 11 is 2.06. The predicted octanol–water partition coefficient (Wildman–Crippen LogP) is 4.00. The summed E-state index contributed by atoms with van der Waals surface area (Å²) in [7, 11) is 0. The van der Waals surface area contributed by atoms with Gasteiger partial charge in [-0.2, -0.15) is 0 Å². The van der Waals surface area contributed by atoms with E-state index in [2.05, 4.69) is 43.0 Å². The first-order chi connectivity index (χ1) is 8.24. The number of nitrogens with two attached hydrogens (primary N) is 1. The Morgan fingerprint density at radius 3 is 2.47 bits per heavy atom. The topological polar surface area (TPSA) is 26.0 Å². The van der Waals surface area contributed by atoms with Crippen molar-refractivity contribution in [3.63, 3.8) is 0 Å². The van der Waals surface area contributed by atoms with E-state index in [9.17, 15) is 0 Å². The quantitative estimate of drug-likeness (QED) is 0.853. The average Bonchev–Trinajstić information content (AvgIpc) is 2.81. The van der Waals surface area contributed by atoms with E-state index in [4.69, 9.17) is 5.73 Å². The summed E-state index contributed by atoms with van der Waals surface area (Å²) in [5.74, 6) is 0. The Bertz CT molecular complexity index is 325. The maximum atomic E-state index is 5.77. The molecular formula is C15H23NS. The molecule has 94 valence electrons. The Morgan fingerprint density at radius 1 is 1.24 bits per heavy atom. The van der Waals surface area contributed by atoms with E-state index in [0.717, 1.165) is 18.1 Å². The lowest BCUT2D eigenvalue weighted by molar-refractivity contribution is 0.666. The number of thioether (sulfide) groups is 1. The first kappa shape index (κ1) is 13.0. The number of rotatable bonds is 5. The van der Waals surface area contributed by atoms with Crippen molar-refractivity contribution < 1.29 is 0 Å². The van der Waals surface area contributed by atoms with Crippen LogP contribution < -0.4 is 5.73 Å². The Kier molecular flexibility index (Phi) is 4.93. The fourth-order valence-electron chi connectivity index (χ4n) is 2.33. The van der Waals surface area contributed by atoms with E-state index in [-0.39, 0.29) is 0 Å². The SMILES string of the molecule is CC(N)CCc1ccc(SC2CCCC2)cc1. The highest BCUT2D eigenvalue weighted by Crippen LogP contribution is 2.34. The van der Waals surface area contributed by atoms with Crippen molar-refractivity contribution in [3.05, 3.63) is 29.8 Å². The van der Waals surface area contributed by atoms with E-state index in [1.165, 1.54) is 36.1 Å². The molecule has 1 fully saturated rings. The smallest absolute Gasteiger partial charge is 0.00944 e. The molecule has 0 saturated heterocycles. The molecule has 2 N–H and O–H groups in total. The second-order valence-corrected chi connectivity index (χ2v) is 6.56. The third-order valence-corrected chi connectivity index (χ3v) is 4.77. The van der Waals surface area contributed by atoms with Gasteiger partial charge in [0.15, 0.2) is 0 Å². The van der Waals surface area contributed by atoms with Crippen molar-refractivity contribution in [3.8, 4) is 0 Å². The van der Waals surface area contributed by atoms with Crippen LogP contribution in [0.15, 0.2) is 29.2 Å². The standard InChI is InChI=1S/C15H23NS/c1-12(16)6-7-13-8-10-15(11-9-13)17-14-4-2-3-5-14/h8-12,14H,2-7,16H2,1H3. The van der Waals surface area contributed by atoms with Gasteiger partial charge in [-0.05, 0) is 50.3 Å². The maximum Gasteiger partial charge on any atom is 0.00944 e. The molecule has 0 bridgehead atoms. The molecule has 1 atom stereocenters. The number of hydrogen-bond acceptors (Lipinski definition) is 2. The van der Waals surface area contributed by atoms with Crippen molar-refractivity contribution in [1.29, 1.82) is 0 Å². The van der Waals surface area contributed by atoms with Gasteiger partial charge in [-0.15, -0.1) is 11.8 Å². The van der Waals surface area contributed by atoms with Gasteiger partial charge in [0.05, 0.1) is 0 Å². The van der Waals surface area contributed by atoms with Gasteiger partial charge < -0.3 is 5.73 Å². The van der Waals surface area contributed by atoms with Gasteiger partial charge in [-0.25, -0.2) is 0 Å². The van der Waals surface area contributed by atoms with Crippen LogP contribution in [0.4, 0.5) is 0 Å². The summed E-state index contributed by atoms with van der Waals surface area (Å²) < 4.78 is 0. The highest BCUT2D eigenvalue weighted by atomic mass is 32.2. The van der Waals surface area contributed by atoms with E-state index in [1.54, 1.807) is 0 Å². The first-order valence-corrected chi connectivity index (χ1v) is 7.63. The van der Waals surface area contributed by atoms with Crippen molar-refractivity contribution in [2.75, 3.05) is 0 Å². The molecule has 1 aliphatic rings. The highest BCUT2D eigenvalue weighted by molar-refractivity contribution is 8.00. The van der Waals surface area contributed by atoms with Gasteiger partial charge in [0.1, 0.15) is 0 Å². The monoisotopic (exact) mass is 249 g/mol. The van der Waals surface area contributed by atoms with Gasteiger partial charge in [-0.1, -0.05) is 25.0 Å². The molecule has 2 rings (SSSR count). The zero-order chi connectivity index (χ0) is 12.1. The number of benzene rings is 1. The van der Waals surface area contributed by atoms with Crippen LogP contribution in [0.3, 0.4) is 0 Å². The van der Waals surface area contributed by atoms with Gasteiger partial charge >= 0.3 is 0 Å². The van der Waals surface area contributed by atoms with Crippen molar-refractivity contribution >= 4 is 11.8 Å². The molecule has 1 aromatic carbocycles. The van der Waals surface area contributed by atoms with Crippen LogP contribution in [0.25, 0.3) is 0 Å². The third kappa shape index (κ3) is 4.36. The van der Waals surface area contributed by atoms with Crippen LogP contribution in [0, 0.1) is 0 Å². The van der Waals surface area contributed by atoms with Gasteiger partial charge in [-0.3, -0.25) is 0 Å². The lowest BCUT2D eigenvalue weighted by atomic mass is 10.1. The van der Waals surface area contributed by atoms with E-state index in [1.807, 2.05) is 0 Å². The normalized spacial score (nSPS) is 18.5. The van der Waals surface area contributed by atoms with Gasteiger partial charge in [0.2, 0.25) is 0 Å². The van der Waals surface area contributed by atoms with Crippen LogP contribution in [-0.2, 0) is 6.42 Å². The van der Waals surface area contributed by atoms with Crippen molar-refractivity contribution in [2.45, 2.75) is 61.6 Å². The maximum absolute atomic E-state index is 5.77. The van der Waals surface area contributed by atoms with E-state index in [0.29, 0.717) is 6.04 Å². The zero-order valence-corrected chi connectivity index (χ0v) is 11.5. The first-order valence-electron chi connectivity index (χ1n) is 6.75. The molecule has 1 saturated carbocycles. The molecular weight excluding hydrogens is 226 g/mol. The molecule has 1 nitrogen and oxygen atoms in total. The minimum absolute atomic E-state index is 0.308.